The van der Waals surface area contributed by atoms with Crippen LogP contribution in [0.25, 0.3) is 15.9 Å². The minimum absolute atomic E-state index is 0.156. The number of nitrogens with zero attached hydrogens (tertiary/aromatic N) is 4. The molecule has 0 fully saturated rings. The highest BCUT2D eigenvalue weighted by atomic mass is 32.2. The molecule has 0 amide bonds. The van der Waals surface area contributed by atoms with Gasteiger partial charge in [-0.2, -0.15) is 4.52 Å². The largest absolute Gasteiger partial charge is 0.339 e. The Morgan fingerprint density at radius 2 is 1.79 bits per heavy atom. The number of rotatable bonds is 5. The molecule has 5 rings (SSSR count). The maximum absolute atomic E-state index is 13.5. The molecule has 33 heavy (non-hydrogen) atoms. The van der Waals surface area contributed by atoms with Crippen molar-refractivity contribution in [2.75, 3.05) is 5.32 Å². The molecule has 0 aliphatic carbocycles. The Balaban J connectivity index is 1.66. The van der Waals surface area contributed by atoms with E-state index in [4.69, 9.17) is 4.98 Å². The average Bonchev–Trinajstić information content (AvgIpc) is 3.43. The molecule has 3 aromatic heterocycles. The number of fused-ring (bicyclic) bond motifs is 3. The van der Waals surface area contributed by atoms with Crippen LogP contribution in [0.2, 0.25) is 0 Å². The third kappa shape index (κ3) is 3.67. The molecule has 0 aliphatic heterocycles. The Kier molecular flexibility index (Phi) is 5.18. The highest BCUT2D eigenvalue weighted by Crippen LogP contribution is 2.33. The molecule has 7 nitrogen and oxygen atoms in total. The Morgan fingerprint density at radius 1 is 1.03 bits per heavy atom. The minimum Gasteiger partial charge on any atom is -0.339 e. The van der Waals surface area contributed by atoms with Gasteiger partial charge in [-0.25, -0.2) is 13.4 Å². The molecule has 0 bridgehead atoms. The molecule has 3 heterocycles. The second-order valence-corrected chi connectivity index (χ2v) is 11.2. The maximum atomic E-state index is 13.5. The van der Waals surface area contributed by atoms with E-state index in [1.54, 1.807) is 12.1 Å². The zero-order valence-electron chi connectivity index (χ0n) is 18.7. The van der Waals surface area contributed by atoms with Gasteiger partial charge in [0, 0.05) is 5.69 Å². The summed E-state index contributed by atoms with van der Waals surface area (Å²) < 4.78 is 29.3. The number of aryl methyl sites for hydroxylation is 2. The van der Waals surface area contributed by atoms with Gasteiger partial charge >= 0.3 is 0 Å². The number of thiophene rings is 1. The van der Waals surface area contributed by atoms with Gasteiger partial charge in [-0.15, -0.1) is 16.4 Å². The van der Waals surface area contributed by atoms with E-state index in [0.717, 1.165) is 27.0 Å². The first-order valence-electron chi connectivity index (χ1n) is 10.6. The highest BCUT2D eigenvalue weighted by Gasteiger charge is 2.27. The number of benzene rings is 2. The molecule has 0 saturated carbocycles. The minimum atomic E-state index is -3.90. The van der Waals surface area contributed by atoms with Crippen LogP contribution in [0.3, 0.4) is 0 Å². The predicted octanol–water partition coefficient (Wildman–Crippen LogP) is 5.66. The Morgan fingerprint density at radius 3 is 2.48 bits per heavy atom. The van der Waals surface area contributed by atoms with Gasteiger partial charge in [-0.05, 0) is 60.5 Å². The normalized spacial score (nSPS) is 12.2. The van der Waals surface area contributed by atoms with Gasteiger partial charge < -0.3 is 5.32 Å². The molecule has 1 N–H and O–H groups in total. The van der Waals surface area contributed by atoms with Crippen LogP contribution in [0, 0.1) is 13.8 Å². The van der Waals surface area contributed by atoms with E-state index in [1.165, 1.54) is 21.4 Å². The summed E-state index contributed by atoms with van der Waals surface area (Å²) >= 11 is 1.51. The van der Waals surface area contributed by atoms with Gasteiger partial charge in [-0.1, -0.05) is 48.9 Å². The maximum Gasteiger partial charge on any atom is 0.229 e. The van der Waals surface area contributed by atoms with E-state index in [1.807, 2.05) is 49.6 Å². The molecule has 9 heteroatoms. The molecular formula is C24H23N5O2S2. The van der Waals surface area contributed by atoms with Crippen molar-refractivity contribution in [3.63, 3.8) is 0 Å². The number of hydrogen-bond acceptors (Lipinski definition) is 7. The van der Waals surface area contributed by atoms with Crippen LogP contribution in [0.15, 0.2) is 63.8 Å². The molecule has 5 aromatic rings. The van der Waals surface area contributed by atoms with Crippen molar-refractivity contribution in [3.05, 3.63) is 70.6 Å². The fourth-order valence-electron chi connectivity index (χ4n) is 3.81. The zero-order chi connectivity index (χ0) is 23.3. The average molecular weight is 478 g/mol. The van der Waals surface area contributed by atoms with Crippen LogP contribution in [-0.4, -0.2) is 28.2 Å². The molecule has 0 atom stereocenters. The Hall–Kier alpha value is -3.30. The van der Waals surface area contributed by atoms with Crippen molar-refractivity contribution in [2.45, 2.75) is 43.5 Å². The van der Waals surface area contributed by atoms with E-state index < -0.39 is 9.84 Å². The lowest BCUT2D eigenvalue weighted by Gasteiger charge is -2.11. The molecule has 0 unspecified atom stereocenters. The van der Waals surface area contributed by atoms with E-state index in [-0.39, 0.29) is 15.6 Å². The molecule has 0 radical (unpaired) electrons. The summed E-state index contributed by atoms with van der Waals surface area (Å²) in [5, 5.41) is 13.3. The first kappa shape index (κ1) is 21.5. The second kappa shape index (κ2) is 7.93. The summed E-state index contributed by atoms with van der Waals surface area (Å²) in [5.74, 6) is 0.887. The number of nitrogens with one attached hydrogen (secondary N) is 1. The fraction of sp³-hybridized carbons (Fsp3) is 0.208. The predicted molar refractivity (Wildman–Crippen MR) is 131 cm³/mol. The van der Waals surface area contributed by atoms with Crippen molar-refractivity contribution in [3.8, 4) is 0 Å². The number of anilines is 2. The van der Waals surface area contributed by atoms with Crippen LogP contribution in [-0.2, 0) is 9.84 Å². The molecule has 168 valence electrons. The SMILES string of the molecule is Cc1ccc(Nc2nc3c(S(=O)(=O)c4ccc(C(C)C)cc4)nnn3c3ccsc23)c(C)c1. The molecule has 0 spiro atoms. The number of hydrogen-bond donors (Lipinski definition) is 1. The smallest absolute Gasteiger partial charge is 0.229 e. The van der Waals surface area contributed by atoms with Gasteiger partial charge in [-0.3, -0.25) is 0 Å². The number of aromatic nitrogens is 4. The topological polar surface area (TPSA) is 89.2 Å². The van der Waals surface area contributed by atoms with Crippen LogP contribution in [0.4, 0.5) is 11.5 Å². The van der Waals surface area contributed by atoms with Gasteiger partial charge in [0.05, 0.1) is 15.1 Å². The van der Waals surface area contributed by atoms with Crippen molar-refractivity contribution in [2.24, 2.45) is 0 Å². The van der Waals surface area contributed by atoms with Gasteiger partial charge in [0.25, 0.3) is 0 Å². The summed E-state index contributed by atoms with van der Waals surface area (Å²) in [6.45, 7) is 8.20. The van der Waals surface area contributed by atoms with Gasteiger partial charge in [0.2, 0.25) is 14.9 Å². The van der Waals surface area contributed by atoms with E-state index in [2.05, 4.69) is 35.5 Å². The van der Waals surface area contributed by atoms with Crippen LogP contribution in [0.5, 0.6) is 0 Å². The lowest BCUT2D eigenvalue weighted by atomic mass is 10.0. The zero-order valence-corrected chi connectivity index (χ0v) is 20.3. The van der Waals surface area contributed by atoms with Gasteiger partial charge in [0.1, 0.15) is 0 Å². The van der Waals surface area contributed by atoms with Crippen molar-refractivity contribution in [1.82, 2.24) is 19.8 Å². The lowest BCUT2D eigenvalue weighted by molar-refractivity contribution is 0.592. The lowest BCUT2D eigenvalue weighted by Crippen LogP contribution is -2.06. The Labute approximate surface area is 196 Å². The molecule has 2 aromatic carbocycles. The molecule has 0 saturated heterocycles. The molecule has 0 aliphatic rings. The summed E-state index contributed by atoms with van der Waals surface area (Å²) in [7, 11) is -3.90. The van der Waals surface area contributed by atoms with Crippen molar-refractivity contribution >= 4 is 48.5 Å². The summed E-state index contributed by atoms with van der Waals surface area (Å²) in [6.07, 6.45) is 0. The summed E-state index contributed by atoms with van der Waals surface area (Å²) in [4.78, 5) is 4.86. The summed E-state index contributed by atoms with van der Waals surface area (Å²) in [5.41, 5.74) is 5.17. The molecular weight excluding hydrogens is 454 g/mol. The van der Waals surface area contributed by atoms with E-state index in [0.29, 0.717) is 11.7 Å². The summed E-state index contributed by atoms with van der Waals surface area (Å²) in [6, 6.07) is 14.9. The monoisotopic (exact) mass is 477 g/mol. The van der Waals surface area contributed by atoms with Crippen LogP contribution in [0.1, 0.15) is 36.5 Å². The quantitative estimate of drug-likeness (QED) is 0.352. The van der Waals surface area contributed by atoms with Gasteiger partial charge in [0.15, 0.2) is 11.5 Å². The van der Waals surface area contributed by atoms with Crippen molar-refractivity contribution < 1.29 is 8.42 Å². The first-order chi connectivity index (χ1) is 15.8. The second-order valence-electron chi connectivity index (χ2n) is 8.40. The van der Waals surface area contributed by atoms with Crippen molar-refractivity contribution in [1.29, 1.82) is 0 Å². The van der Waals surface area contributed by atoms with Crippen LogP contribution < -0.4 is 5.32 Å². The Bertz CT molecular complexity index is 1600. The van der Waals surface area contributed by atoms with E-state index >= 15 is 0 Å². The first-order valence-corrected chi connectivity index (χ1v) is 12.9. The fourth-order valence-corrected chi connectivity index (χ4v) is 5.86. The third-order valence-electron chi connectivity index (χ3n) is 5.67. The highest BCUT2D eigenvalue weighted by molar-refractivity contribution is 7.91. The number of sulfone groups is 1. The van der Waals surface area contributed by atoms with Crippen LogP contribution >= 0.6 is 11.3 Å². The third-order valence-corrected chi connectivity index (χ3v) is 8.25. The standard InChI is InChI=1S/C24H23N5O2S2/c1-14(2)17-6-8-18(9-7-17)33(30,31)24-23-26-22(25-19-10-5-15(3)13-16(19)4)21-20(11-12-32-21)29(23)28-27-24/h5-14H,1-4H3,(H,25,26). The van der Waals surface area contributed by atoms with E-state index in [9.17, 15) is 8.42 Å².